The molecule has 1 aromatic rings. The maximum atomic E-state index is 13.2. The lowest BCUT2D eigenvalue weighted by Crippen LogP contribution is -2.18. The first-order chi connectivity index (χ1) is 10.4. The van der Waals surface area contributed by atoms with Gasteiger partial charge >= 0.3 is 7.60 Å². The van der Waals surface area contributed by atoms with E-state index in [1.54, 1.807) is 20.8 Å². The van der Waals surface area contributed by atoms with Crippen molar-refractivity contribution >= 4 is 41.5 Å². The Bertz CT molecular complexity index is 546. The third-order valence-electron chi connectivity index (χ3n) is 2.65. The number of carbonyl (C=O) groups excluding carboxylic acids is 1. The molecule has 0 saturated carbocycles. The minimum atomic E-state index is -3.58. The van der Waals surface area contributed by atoms with Crippen LogP contribution in [0, 0.1) is 6.92 Å². The molecule has 0 saturated heterocycles. The minimum absolute atomic E-state index is 0.165. The quantitative estimate of drug-likeness (QED) is 0.471. The van der Waals surface area contributed by atoms with Crippen molar-refractivity contribution in [3.05, 3.63) is 11.3 Å². The van der Waals surface area contributed by atoms with Crippen LogP contribution in [0.25, 0.3) is 0 Å². The van der Waals surface area contributed by atoms with Crippen molar-refractivity contribution < 1.29 is 22.8 Å². The Morgan fingerprint density at radius 3 is 2.18 bits per heavy atom. The van der Waals surface area contributed by atoms with Crippen molar-refractivity contribution in [1.29, 1.82) is 0 Å². The zero-order valence-corrected chi connectivity index (χ0v) is 16.2. The third kappa shape index (κ3) is 4.42. The molecule has 22 heavy (non-hydrogen) atoms. The molecule has 8 heteroatoms. The minimum Gasteiger partial charge on any atom is -0.453 e. The molecule has 0 N–H and O–H groups in total. The lowest BCUT2D eigenvalue weighted by atomic mass is 10.3. The second-order valence-electron chi connectivity index (χ2n) is 4.16. The van der Waals surface area contributed by atoms with Gasteiger partial charge in [0, 0.05) is 0 Å². The molecule has 1 aromatic heterocycles. The van der Waals surface area contributed by atoms with Crippen LogP contribution in [0.2, 0.25) is 0 Å². The van der Waals surface area contributed by atoms with E-state index in [-0.39, 0.29) is 23.6 Å². The number of furan rings is 1. The van der Waals surface area contributed by atoms with E-state index in [9.17, 15) is 9.36 Å². The molecule has 0 unspecified atom stereocenters. The highest BCUT2D eigenvalue weighted by molar-refractivity contribution is 8.14. The van der Waals surface area contributed by atoms with Crippen molar-refractivity contribution in [3.8, 4) is 0 Å². The number of aryl methyl sites for hydroxylation is 1. The standard InChI is InChI=1S/C14H23O5PS2/c1-6-17-20(16,18-7-2)12-11(13(15)21-8-3)10(5)19-14(12)22-9-4/h6-9H2,1-5H3. The zero-order valence-electron chi connectivity index (χ0n) is 13.6. The van der Waals surface area contributed by atoms with Gasteiger partial charge in [0.2, 0.25) is 5.12 Å². The molecule has 0 bridgehead atoms. The van der Waals surface area contributed by atoms with Crippen molar-refractivity contribution in [2.24, 2.45) is 0 Å². The monoisotopic (exact) mass is 366 g/mol. The van der Waals surface area contributed by atoms with Crippen LogP contribution in [0.4, 0.5) is 0 Å². The zero-order chi connectivity index (χ0) is 16.8. The van der Waals surface area contributed by atoms with Crippen LogP contribution in [0.3, 0.4) is 0 Å². The van der Waals surface area contributed by atoms with Crippen LogP contribution in [0.1, 0.15) is 43.8 Å². The van der Waals surface area contributed by atoms with E-state index in [1.165, 1.54) is 11.8 Å². The summed E-state index contributed by atoms with van der Waals surface area (Å²) in [6.45, 7) is 9.50. The molecule has 1 rings (SSSR count). The molecule has 0 fully saturated rings. The second-order valence-corrected chi connectivity index (χ2v) is 8.59. The van der Waals surface area contributed by atoms with Crippen molar-refractivity contribution in [1.82, 2.24) is 0 Å². The molecular formula is C14H23O5PS2. The molecule has 0 aliphatic carbocycles. The summed E-state index contributed by atoms with van der Waals surface area (Å²) in [6.07, 6.45) is 0. The molecule has 0 aliphatic heterocycles. The maximum absolute atomic E-state index is 13.2. The summed E-state index contributed by atoms with van der Waals surface area (Å²) in [5, 5.41) is 0.568. The van der Waals surface area contributed by atoms with Crippen LogP contribution in [-0.4, -0.2) is 29.8 Å². The first-order valence-corrected chi connectivity index (χ1v) is 10.8. The lowest BCUT2D eigenvalue weighted by Gasteiger charge is -2.18. The lowest BCUT2D eigenvalue weighted by molar-refractivity contribution is 0.108. The normalized spacial score (nSPS) is 11.9. The molecule has 126 valence electrons. The Balaban J connectivity index is 3.51. The third-order valence-corrected chi connectivity index (χ3v) is 6.57. The molecular weight excluding hydrogens is 343 g/mol. The van der Waals surface area contributed by atoms with Gasteiger partial charge in [-0.05, 0) is 32.3 Å². The topological polar surface area (TPSA) is 65.7 Å². The molecule has 0 aromatic carbocycles. The highest BCUT2D eigenvalue weighted by atomic mass is 32.2. The molecule has 0 atom stereocenters. The van der Waals surface area contributed by atoms with Crippen molar-refractivity contribution in [3.63, 3.8) is 0 Å². The predicted octanol–water partition coefficient (Wildman–Crippen LogP) is 4.48. The molecule has 5 nitrogen and oxygen atoms in total. The number of hydrogen-bond donors (Lipinski definition) is 0. The van der Waals surface area contributed by atoms with E-state index >= 15 is 0 Å². The van der Waals surface area contributed by atoms with Gasteiger partial charge in [-0.15, -0.1) is 0 Å². The maximum Gasteiger partial charge on any atom is 0.366 e. The fraction of sp³-hybridized carbons (Fsp3) is 0.643. The molecule has 0 spiro atoms. The molecule has 0 radical (unpaired) electrons. The fourth-order valence-corrected chi connectivity index (χ4v) is 5.69. The summed E-state index contributed by atoms with van der Waals surface area (Å²) in [4.78, 5) is 12.4. The van der Waals surface area contributed by atoms with Gasteiger partial charge in [-0.2, -0.15) is 0 Å². The predicted molar refractivity (Wildman–Crippen MR) is 92.8 cm³/mol. The van der Waals surface area contributed by atoms with Crippen molar-refractivity contribution in [2.45, 2.75) is 39.7 Å². The van der Waals surface area contributed by atoms with Crippen LogP contribution in [0.5, 0.6) is 0 Å². The van der Waals surface area contributed by atoms with E-state index in [1.807, 2.05) is 13.8 Å². The smallest absolute Gasteiger partial charge is 0.366 e. The largest absolute Gasteiger partial charge is 0.453 e. The fourth-order valence-electron chi connectivity index (χ4n) is 1.93. The van der Waals surface area contributed by atoms with Gasteiger partial charge in [-0.1, -0.05) is 37.4 Å². The molecule has 1 heterocycles. The van der Waals surface area contributed by atoms with Gasteiger partial charge in [0.1, 0.15) is 11.1 Å². The molecule has 0 aliphatic rings. The van der Waals surface area contributed by atoms with Gasteiger partial charge in [0.05, 0.1) is 18.8 Å². The Labute approximate surface area is 140 Å². The number of carbonyl (C=O) groups is 1. The van der Waals surface area contributed by atoms with Crippen LogP contribution in [0.15, 0.2) is 9.51 Å². The Morgan fingerprint density at radius 2 is 1.73 bits per heavy atom. The second kappa shape index (κ2) is 9.18. The summed E-state index contributed by atoms with van der Waals surface area (Å²) in [5.41, 5.74) is 0.327. The van der Waals surface area contributed by atoms with Gasteiger partial charge in [0.25, 0.3) is 0 Å². The van der Waals surface area contributed by atoms with Gasteiger partial charge in [-0.3, -0.25) is 9.36 Å². The first kappa shape index (κ1) is 19.8. The number of hydrogen-bond acceptors (Lipinski definition) is 7. The van der Waals surface area contributed by atoms with Crippen LogP contribution >= 0.6 is 31.1 Å². The van der Waals surface area contributed by atoms with E-state index in [0.29, 0.717) is 22.2 Å². The van der Waals surface area contributed by atoms with Gasteiger partial charge in [0.15, 0.2) is 5.09 Å². The summed E-state index contributed by atoms with van der Waals surface area (Å²) in [7, 11) is -3.58. The number of thioether (sulfide) groups is 2. The Hall–Kier alpha value is -0.200. The average Bonchev–Trinajstić information content (AvgIpc) is 2.77. The van der Waals surface area contributed by atoms with Gasteiger partial charge in [-0.25, -0.2) is 0 Å². The van der Waals surface area contributed by atoms with Crippen molar-refractivity contribution in [2.75, 3.05) is 24.7 Å². The van der Waals surface area contributed by atoms with Crippen LogP contribution < -0.4 is 5.30 Å². The highest BCUT2D eigenvalue weighted by Crippen LogP contribution is 2.51. The Kier molecular flexibility index (Phi) is 8.28. The van der Waals surface area contributed by atoms with E-state index in [0.717, 1.165) is 17.5 Å². The summed E-state index contributed by atoms with van der Waals surface area (Å²) < 4.78 is 29.7. The summed E-state index contributed by atoms with van der Waals surface area (Å²) in [5.74, 6) is 1.82. The molecule has 0 amide bonds. The van der Waals surface area contributed by atoms with E-state index in [4.69, 9.17) is 13.5 Å². The van der Waals surface area contributed by atoms with E-state index < -0.39 is 7.60 Å². The average molecular weight is 366 g/mol. The summed E-state index contributed by atoms with van der Waals surface area (Å²) >= 11 is 2.55. The number of rotatable bonds is 9. The van der Waals surface area contributed by atoms with E-state index in [2.05, 4.69) is 0 Å². The van der Waals surface area contributed by atoms with Crippen LogP contribution in [-0.2, 0) is 13.6 Å². The highest BCUT2D eigenvalue weighted by Gasteiger charge is 2.39. The Morgan fingerprint density at radius 1 is 1.14 bits per heavy atom. The SMILES string of the molecule is CCOP(=O)(OCC)c1c(SCC)oc(C)c1C(=O)SCC. The summed E-state index contributed by atoms with van der Waals surface area (Å²) in [6, 6.07) is 0. The first-order valence-electron chi connectivity index (χ1n) is 7.28. The van der Waals surface area contributed by atoms with Gasteiger partial charge < -0.3 is 13.5 Å².